The van der Waals surface area contributed by atoms with Crippen molar-refractivity contribution in [3.05, 3.63) is 78.0 Å². The Balaban J connectivity index is 1.84. The van der Waals surface area contributed by atoms with E-state index in [2.05, 4.69) is 10.3 Å². The van der Waals surface area contributed by atoms with Crippen LogP contribution in [0.3, 0.4) is 0 Å². The minimum atomic E-state index is -0.0599. The lowest BCUT2D eigenvalue weighted by Crippen LogP contribution is -2.03. The molecule has 0 saturated heterocycles. The van der Waals surface area contributed by atoms with Crippen molar-refractivity contribution in [2.24, 2.45) is 0 Å². The second-order valence-electron chi connectivity index (χ2n) is 5.20. The Kier molecular flexibility index (Phi) is 4.43. The van der Waals surface area contributed by atoms with Crippen LogP contribution < -0.4 is 15.8 Å². The van der Waals surface area contributed by atoms with Crippen LogP contribution in [-0.2, 0) is 0 Å². The van der Waals surface area contributed by atoms with Gasteiger partial charge in [-0.2, -0.15) is 0 Å². The van der Waals surface area contributed by atoms with E-state index in [1.807, 2.05) is 12.1 Å². The lowest BCUT2D eigenvalue weighted by molar-refractivity contribution is 0.103. The average molecular weight is 319 g/mol. The van der Waals surface area contributed by atoms with Gasteiger partial charge in [0.1, 0.15) is 5.75 Å². The molecular weight excluding hydrogens is 302 g/mol. The van der Waals surface area contributed by atoms with Crippen LogP contribution in [0.1, 0.15) is 15.9 Å². The van der Waals surface area contributed by atoms with Gasteiger partial charge in [0.15, 0.2) is 11.6 Å². The molecule has 24 heavy (non-hydrogen) atoms. The zero-order chi connectivity index (χ0) is 16.9. The normalized spacial score (nSPS) is 10.2. The maximum Gasteiger partial charge on any atom is 0.193 e. The minimum absolute atomic E-state index is 0.0599. The van der Waals surface area contributed by atoms with Crippen LogP contribution in [0.25, 0.3) is 0 Å². The molecule has 0 bridgehead atoms. The highest BCUT2D eigenvalue weighted by molar-refractivity contribution is 6.09. The van der Waals surface area contributed by atoms with Gasteiger partial charge in [-0.15, -0.1) is 0 Å². The highest BCUT2D eigenvalue weighted by Gasteiger charge is 2.10. The number of hydrogen-bond donors (Lipinski definition) is 2. The number of benzene rings is 2. The van der Waals surface area contributed by atoms with Crippen molar-refractivity contribution in [1.82, 2.24) is 4.98 Å². The molecule has 5 heteroatoms. The number of ketones is 1. The SMILES string of the molecule is COc1ccc(C(=O)c2cccc(Nc3ncccc3N)c2)cc1. The van der Waals surface area contributed by atoms with Gasteiger partial charge < -0.3 is 15.8 Å². The van der Waals surface area contributed by atoms with Gasteiger partial charge >= 0.3 is 0 Å². The Labute approximate surface area is 140 Å². The van der Waals surface area contributed by atoms with Gasteiger partial charge in [0.25, 0.3) is 0 Å². The van der Waals surface area contributed by atoms with Gasteiger partial charge in [0.05, 0.1) is 12.8 Å². The topological polar surface area (TPSA) is 77.2 Å². The second kappa shape index (κ2) is 6.83. The Morgan fingerprint density at radius 3 is 2.54 bits per heavy atom. The Bertz CT molecular complexity index is 860. The summed E-state index contributed by atoms with van der Waals surface area (Å²) in [6.45, 7) is 0. The summed E-state index contributed by atoms with van der Waals surface area (Å²) in [5.41, 5.74) is 8.36. The van der Waals surface area contributed by atoms with Crippen molar-refractivity contribution in [3.8, 4) is 5.75 Å². The number of methoxy groups -OCH3 is 1. The fourth-order valence-electron chi connectivity index (χ4n) is 2.31. The number of pyridine rings is 1. The van der Waals surface area contributed by atoms with Crippen LogP contribution in [0.5, 0.6) is 5.75 Å². The number of hydrogen-bond acceptors (Lipinski definition) is 5. The van der Waals surface area contributed by atoms with E-state index in [-0.39, 0.29) is 5.78 Å². The van der Waals surface area contributed by atoms with E-state index in [0.29, 0.717) is 28.4 Å². The molecule has 120 valence electrons. The first-order chi connectivity index (χ1) is 11.7. The number of anilines is 3. The molecule has 5 nitrogen and oxygen atoms in total. The molecule has 0 aliphatic carbocycles. The maximum absolute atomic E-state index is 12.6. The quantitative estimate of drug-likeness (QED) is 0.702. The third kappa shape index (κ3) is 3.35. The standard InChI is InChI=1S/C19H17N3O2/c1-24-16-9-7-13(8-10-16)18(23)14-4-2-5-15(12-14)22-19-17(20)6-3-11-21-19/h2-12H,20H2,1H3,(H,21,22). The van der Waals surface area contributed by atoms with Crippen LogP contribution in [0.15, 0.2) is 66.9 Å². The summed E-state index contributed by atoms with van der Waals surface area (Å²) >= 11 is 0. The number of carbonyl (C=O) groups excluding carboxylic acids is 1. The van der Waals surface area contributed by atoms with E-state index in [9.17, 15) is 4.79 Å². The van der Waals surface area contributed by atoms with E-state index >= 15 is 0 Å². The van der Waals surface area contributed by atoms with E-state index in [0.717, 1.165) is 5.69 Å². The summed E-state index contributed by atoms with van der Waals surface area (Å²) < 4.78 is 5.11. The molecule has 0 aliphatic rings. The third-order valence-corrected chi connectivity index (χ3v) is 3.58. The number of nitrogens with zero attached hydrogens (tertiary/aromatic N) is 1. The fourth-order valence-corrected chi connectivity index (χ4v) is 2.31. The zero-order valence-electron chi connectivity index (χ0n) is 13.2. The largest absolute Gasteiger partial charge is 0.497 e. The number of rotatable bonds is 5. The molecule has 0 aliphatic heterocycles. The molecule has 3 aromatic rings. The van der Waals surface area contributed by atoms with E-state index in [1.54, 1.807) is 61.8 Å². The molecule has 0 spiro atoms. The molecule has 0 atom stereocenters. The summed E-state index contributed by atoms with van der Waals surface area (Å²) in [5.74, 6) is 1.22. The maximum atomic E-state index is 12.6. The van der Waals surface area contributed by atoms with Crippen LogP contribution in [-0.4, -0.2) is 17.9 Å². The number of nitrogens with two attached hydrogens (primary N) is 1. The van der Waals surface area contributed by atoms with Gasteiger partial charge in [0, 0.05) is 23.0 Å². The summed E-state index contributed by atoms with van der Waals surface area (Å²) in [6, 6.07) is 17.8. The molecule has 2 aromatic carbocycles. The molecule has 3 N–H and O–H groups in total. The molecule has 0 amide bonds. The minimum Gasteiger partial charge on any atom is -0.497 e. The Morgan fingerprint density at radius 1 is 1.04 bits per heavy atom. The molecular formula is C19H17N3O2. The molecule has 1 heterocycles. The summed E-state index contributed by atoms with van der Waals surface area (Å²) in [5, 5.41) is 3.13. The van der Waals surface area contributed by atoms with Crippen molar-refractivity contribution in [2.75, 3.05) is 18.2 Å². The molecule has 3 rings (SSSR count). The van der Waals surface area contributed by atoms with Crippen molar-refractivity contribution in [2.45, 2.75) is 0 Å². The monoisotopic (exact) mass is 319 g/mol. The lowest BCUT2D eigenvalue weighted by Gasteiger charge is -2.09. The fraction of sp³-hybridized carbons (Fsp3) is 0.0526. The number of carbonyl (C=O) groups is 1. The van der Waals surface area contributed by atoms with Crippen molar-refractivity contribution >= 4 is 23.0 Å². The van der Waals surface area contributed by atoms with Gasteiger partial charge in [0.2, 0.25) is 0 Å². The number of nitrogen functional groups attached to an aromatic ring is 1. The first-order valence-corrected chi connectivity index (χ1v) is 7.44. The van der Waals surface area contributed by atoms with Crippen LogP contribution in [0, 0.1) is 0 Å². The number of aromatic nitrogens is 1. The number of ether oxygens (including phenoxy) is 1. The third-order valence-electron chi connectivity index (χ3n) is 3.58. The zero-order valence-corrected chi connectivity index (χ0v) is 13.2. The van der Waals surface area contributed by atoms with Crippen molar-refractivity contribution in [3.63, 3.8) is 0 Å². The van der Waals surface area contributed by atoms with Crippen LogP contribution in [0.2, 0.25) is 0 Å². The van der Waals surface area contributed by atoms with Gasteiger partial charge in [-0.1, -0.05) is 12.1 Å². The molecule has 1 aromatic heterocycles. The average Bonchev–Trinajstić information content (AvgIpc) is 2.63. The summed E-state index contributed by atoms with van der Waals surface area (Å²) in [6.07, 6.45) is 1.66. The van der Waals surface area contributed by atoms with E-state index < -0.39 is 0 Å². The predicted molar refractivity (Wildman–Crippen MR) is 94.8 cm³/mol. The summed E-state index contributed by atoms with van der Waals surface area (Å²) in [7, 11) is 1.59. The highest BCUT2D eigenvalue weighted by atomic mass is 16.5. The predicted octanol–water partition coefficient (Wildman–Crippen LogP) is 3.65. The van der Waals surface area contributed by atoms with Crippen molar-refractivity contribution < 1.29 is 9.53 Å². The first kappa shape index (κ1) is 15.6. The highest BCUT2D eigenvalue weighted by Crippen LogP contribution is 2.22. The van der Waals surface area contributed by atoms with Gasteiger partial charge in [-0.05, 0) is 48.5 Å². The van der Waals surface area contributed by atoms with Gasteiger partial charge in [-0.25, -0.2) is 4.98 Å². The second-order valence-corrected chi connectivity index (χ2v) is 5.20. The number of nitrogens with one attached hydrogen (secondary N) is 1. The molecule has 0 radical (unpaired) electrons. The Hall–Kier alpha value is -3.34. The van der Waals surface area contributed by atoms with E-state index in [4.69, 9.17) is 10.5 Å². The lowest BCUT2D eigenvalue weighted by atomic mass is 10.0. The van der Waals surface area contributed by atoms with Crippen LogP contribution in [0.4, 0.5) is 17.2 Å². The Morgan fingerprint density at radius 2 is 1.83 bits per heavy atom. The van der Waals surface area contributed by atoms with Crippen molar-refractivity contribution in [1.29, 1.82) is 0 Å². The molecule has 0 saturated carbocycles. The molecule has 0 fully saturated rings. The van der Waals surface area contributed by atoms with Crippen LogP contribution >= 0.6 is 0 Å². The summed E-state index contributed by atoms with van der Waals surface area (Å²) in [4.78, 5) is 16.8. The first-order valence-electron chi connectivity index (χ1n) is 7.44. The van der Waals surface area contributed by atoms with E-state index in [1.165, 1.54) is 0 Å². The smallest absolute Gasteiger partial charge is 0.193 e. The van der Waals surface area contributed by atoms with Gasteiger partial charge in [-0.3, -0.25) is 4.79 Å². The molecule has 0 unspecified atom stereocenters.